The standard InChI is InChI=1S/C19H26N4O6/c1-9(2)15(20)18(28)21-10(3)17(27)22-12(8-14(24)25)16(26)19-23-11-6-4-5-7-13(11)29-19/h4-7,9-10,12,15-16,26H,8,20H2,1-3H3,(H,21,28)(H,22,27)(H,24,25)/t10-,12+,15+,16?/m0/s1. The third-order valence-electron chi connectivity index (χ3n) is 4.44. The predicted octanol–water partition coefficient (Wildman–Crippen LogP) is 0.309. The number of oxazole rings is 1. The van der Waals surface area contributed by atoms with E-state index in [9.17, 15) is 19.5 Å². The highest BCUT2D eigenvalue weighted by Gasteiger charge is 2.31. The number of aliphatic hydroxyl groups is 1. The lowest BCUT2D eigenvalue weighted by Gasteiger charge is -2.24. The number of nitrogens with two attached hydrogens (primary N) is 1. The number of para-hydroxylation sites is 2. The van der Waals surface area contributed by atoms with Crippen LogP contribution in [0.25, 0.3) is 11.1 Å². The average molecular weight is 406 g/mol. The van der Waals surface area contributed by atoms with Crippen molar-refractivity contribution in [3.8, 4) is 0 Å². The second kappa shape index (κ2) is 9.48. The molecule has 0 spiro atoms. The number of amides is 2. The van der Waals surface area contributed by atoms with Gasteiger partial charge in [-0.25, -0.2) is 4.98 Å². The summed E-state index contributed by atoms with van der Waals surface area (Å²) in [7, 11) is 0. The molecule has 4 atom stereocenters. The van der Waals surface area contributed by atoms with Crippen LogP contribution in [0.15, 0.2) is 28.7 Å². The Labute approximate surface area is 167 Å². The Morgan fingerprint density at radius 2 is 1.79 bits per heavy atom. The zero-order valence-electron chi connectivity index (χ0n) is 16.5. The molecule has 6 N–H and O–H groups in total. The Hall–Kier alpha value is -2.98. The average Bonchev–Trinajstić information content (AvgIpc) is 3.09. The molecule has 158 valence electrons. The molecule has 2 aromatic rings. The maximum atomic E-state index is 12.4. The van der Waals surface area contributed by atoms with Crippen molar-refractivity contribution in [1.29, 1.82) is 0 Å². The van der Waals surface area contributed by atoms with Crippen LogP contribution in [0.5, 0.6) is 0 Å². The Bertz CT molecular complexity index is 847. The molecule has 0 aliphatic carbocycles. The first-order valence-corrected chi connectivity index (χ1v) is 9.21. The Morgan fingerprint density at radius 3 is 2.38 bits per heavy atom. The van der Waals surface area contributed by atoms with Crippen molar-refractivity contribution in [1.82, 2.24) is 15.6 Å². The lowest BCUT2D eigenvalue weighted by Crippen LogP contribution is -2.54. The molecule has 0 fully saturated rings. The van der Waals surface area contributed by atoms with Crippen LogP contribution in [0.1, 0.15) is 39.2 Å². The van der Waals surface area contributed by atoms with Gasteiger partial charge in [0.1, 0.15) is 11.6 Å². The number of hydrogen-bond acceptors (Lipinski definition) is 7. The molecule has 0 aliphatic heterocycles. The third kappa shape index (κ3) is 5.75. The van der Waals surface area contributed by atoms with E-state index in [1.807, 2.05) is 0 Å². The lowest BCUT2D eigenvalue weighted by molar-refractivity contribution is -0.139. The molecule has 10 heteroatoms. The summed E-state index contributed by atoms with van der Waals surface area (Å²) in [4.78, 5) is 39.8. The number of nitrogens with one attached hydrogen (secondary N) is 2. The van der Waals surface area contributed by atoms with Crippen LogP contribution < -0.4 is 16.4 Å². The van der Waals surface area contributed by atoms with Crippen molar-refractivity contribution < 1.29 is 29.0 Å². The van der Waals surface area contributed by atoms with Crippen LogP contribution in [0, 0.1) is 5.92 Å². The van der Waals surface area contributed by atoms with E-state index < -0.39 is 48.4 Å². The highest BCUT2D eigenvalue weighted by atomic mass is 16.4. The fraction of sp³-hybridized carbons (Fsp3) is 0.474. The Balaban J connectivity index is 2.11. The van der Waals surface area contributed by atoms with Crippen LogP contribution in [-0.2, 0) is 14.4 Å². The van der Waals surface area contributed by atoms with Crippen LogP contribution in [0.2, 0.25) is 0 Å². The van der Waals surface area contributed by atoms with Gasteiger partial charge in [0.25, 0.3) is 0 Å². The molecule has 0 saturated heterocycles. The van der Waals surface area contributed by atoms with E-state index in [1.165, 1.54) is 6.92 Å². The molecule has 1 heterocycles. The van der Waals surface area contributed by atoms with Gasteiger partial charge in [-0.15, -0.1) is 0 Å². The van der Waals surface area contributed by atoms with Gasteiger partial charge in [0.15, 0.2) is 11.7 Å². The number of aliphatic carboxylic acids is 1. The van der Waals surface area contributed by atoms with E-state index in [4.69, 9.17) is 15.3 Å². The largest absolute Gasteiger partial charge is 0.481 e. The number of hydrogen-bond donors (Lipinski definition) is 5. The lowest BCUT2D eigenvalue weighted by atomic mass is 10.0. The summed E-state index contributed by atoms with van der Waals surface area (Å²) < 4.78 is 5.47. The van der Waals surface area contributed by atoms with Crippen molar-refractivity contribution in [2.24, 2.45) is 11.7 Å². The van der Waals surface area contributed by atoms with E-state index in [2.05, 4.69) is 15.6 Å². The zero-order chi connectivity index (χ0) is 21.7. The van der Waals surface area contributed by atoms with Crippen molar-refractivity contribution in [3.05, 3.63) is 30.2 Å². The molecule has 10 nitrogen and oxygen atoms in total. The van der Waals surface area contributed by atoms with E-state index in [1.54, 1.807) is 38.1 Å². The first-order valence-electron chi connectivity index (χ1n) is 9.21. The summed E-state index contributed by atoms with van der Waals surface area (Å²) in [5.74, 6) is -2.64. The summed E-state index contributed by atoms with van der Waals surface area (Å²) in [5, 5.41) is 24.6. The van der Waals surface area contributed by atoms with Gasteiger partial charge in [-0.1, -0.05) is 26.0 Å². The van der Waals surface area contributed by atoms with Gasteiger partial charge in [0, 0.05) is 0 Å². The number of benzene rings is 1. The molecule has 2 amide bonds. The number of fused-ring (bicyclic) bond motifs is 1. The van der Waals surface area contributed by atoms with E-state index in [-0.39, 0.29) is 11.8 Å². The molecule has 0 saturated carbocycles. The summed E-state index contributed by atoms with van der Waals surface area (Å²) in [5.41, 5.74) is 6.67. The number of carbonyl (C=O) groups is 3. The van der Waals surface area contributed by atoms with Gasteiger partial charge in [0.2, 0.25) is 17.7 Å². The van der Waals surface area contributed by atoms with Gasteiger partial charge in [-0.3, -0.25) is 14.4 Å². The first kappa shape index (κ1) is 22.3. The van der Waals surface area contributed by atoms with Crippen LogP contribution in [0.4, 0.5) is 0 Å². The highest BCUT2D eigenvalue weighted by molar-refractivity contribution is 5.89. The van der Waals surface area contributed by atoms with Gasteiger partial charge in [0.05, 0.1) is 18.5 Å². The molecular formula is C19H26N4O6. The van der Waals surface area contributed by atoms with Crippen molar-refractivity contribution >= 4 is 28.9 Å². The van der Waals surface area contributed by atoms with E-state index >= 15 is 0 Å². The normalized spacial score (nSPS) is 15.5. The van der Waals surface area contributed by atoms with Gasteiger partial charge < -0.3 is 31.0 Å². The SMILES string of the molecule is CC(C)[C@@H](N)C(=O)N[C@@H](C)C(=O)N[C@H](CC(=O)O)C(O)c1nc2ccccc2o1. The minimum Gasteiger partial charge on any atom is -0.481 e. The molecule has 1 aromatic heterocycles. The maximum Gasteiger partial charge on any atom is 0.305 e. The Morgan fingerprint density at radius 1 is 1.14 bits per heavy atom. The quantitative estimate of drug-likeness (QED) is 0.396. The minimum absolute atomic E-state index is 0.115. The second-order valence-electron chi connectivity index (χ2n) is 7.18. The molecular weight excluding hydrogens is 380 g/mol. The van der Waals surface area contributed by atoms with Crippen LogP contribution >= 0.6 is 0 Å². The number of aliphatic hydroxyl groups excluding tert-OH is 1. The van der Waals surface area contributed by atoms with Crippen LogP contribution in [-0.4, -0.2) is 51.1 Å². The molecule has 0 bridgehead atoms. The van der Waals surface area contributed by atoms with Gasteiger partial charge in [-0.05, 0) is 25.0 Å². The van der Waals surface area contributed by atoms with Gasteiger partial charge in [-0.2, -0.15) is 0 Å². The molecule has 0 radical (unpaired) electrons. The summed E-state index contributed by atoms with van der Waals surface area (Å²) in [6.45, 7) is 4.98. The zero-order valence-corrected chi connectivity index (χ0v) is 16.5. The third-order valence-corrected chi connectivity index (χ3v) is 4.44. The smallest absolute Gasteiger partial charge is 0.305 e. The van der Waals surface area contributed by atoms with Crippen LogP contribution in [0.3, 0.4) is 0 Å². The molecule has 2 rings (SSSR count). The fourth-order valence-corrected chi connectivity index (χ4v) is 2.60. The molecule has 29 heavy (non-hydrogen) atoms. The monoisotopic (exact) mass is 406 g/mol. The number of nitrogens with zero attached hydrogens (tertiary/aromatic N) is 1. The van der Waals surface area contributed by atoms with Crippen molar-refractivity contribution in [3.63, 3.8) is 0 Å². The summed E-state index contributed by atoms with van der Waals surface area (Å²) >= 11 is 0. The molecule has 0 aliphatic rings. The number of carbonyl (C=O) groups excluding carboxylic acids is 2. The minimum atomic E-state index is -1.50. The van der Waals surface area contributed by atoms with E-state index in [0.29, 0.717) is 11.1 Å². The van der Waals surface area contributed by atoms with Crippen molar-refractivity contribution in [2.75, 3.05) is 0 Å². The number of carboxylic acid groups (broad SMARTS) is 1. The number of rotatable bonds is 9. The fourth-order valence-electron chi connectivity index (χ4n) is 2.60. The highest BCUT2D eigenvalue weighted by Crippen LogP contribution is 2.23. The van der Waals surface area contributed by atoms with Gasteiger partial charge >= 0.3 is 5.97 Å². The number of carboxylic acids is 1. The number of aromatic nitrogens is 1. The summed E-state index contributed by atoms with van der Waals surface area (Å²) in [6.07, 6.45) is -2.07. The molecule has 1 unspecified atom stereocenters. The topological polar surface area (TPSA) is 168 Å². The Kier molecular flexibility index (Phi) is 7.29. The summed E-state index contributed by atoms with van der Waals surface area (Å²) in [6, 6.07) is 3.81. The molecule has 1 aromatic carbocycles. The van der Waals surface area contributed by atoms with E-state index in [0.717, 1.165) is 0 Å². The maximum absolute atomic E-state index is 12.4. The predicted molar refractivity (Wildman–Crippen MR) is 104 cm³/mol. The first-order chi connectivity index (χ1) is 13.6. The second-order valence-corrected chi connectivity index (χ2v) is 7.18. The van der Waals surface area contributed by atoms with Crippen molar-refractivity contribution in [2.45, 2.75) is 51.4 Å².